The molecule has 1 rings (SSSR count). The lowest BCUT2D eigenvalue weighted by Crippen LogP contribution is -2.22. The van der Waals surface area contributed by atoms with Crippen molar-refractivity contribution in [3.63, 3.8) is 0 Å². The van der Waals surface area contributed by atoms with E-state index in [1.807, 2.05) is 13.8 Å². The third kappa shape index (κ3) is 2.59. The quantitative estimate of drug-likeness (QED) is 0.558. The van der Waals surface area contributed by atoms with Gasteiger partial charge in [-0.2, -0.15) is 0 Å². The summed E-state index contributed by atoms with van der Waals surface area (Å²) in [7, 11) is 1.64. The van der Waals surface area contributed by atoms with Gasteiger partial charge in [-0.1, -0.05) is 0 Å². The fraction of sp³-hybridized carbons (Fsp3) is 0.400. The van der Waals surface area contributed by atoms with Crippen LogP contribution in [0.15, 0.2) is 11.2 Å². The highest BCUT2D eigenvalue weighted by atomic mass is 16.5. The minimum Gasteiger partial charge on any atom is -0.496 e. The number of hydrogen-bond donors (Lipinski definition) is 2. The molecule has 82 valence electrons. The summed E-state index contributed by atoms with van der Waals surface area (Å²) in [4.78, 5) is 8.18. The van der Waals surface area contributed by atoms with Gasteiger partial charge >= 0.3 is 0 Å². The fourth-order valence-electron chi connectivity index (χ4n) is 1.40. The molecule has 4 N–H and O–H groups in total. The van der Waals surface area contributed by atoms with Crippen molar-refractivity contribution in [1.29, 1.82) is 0 Å². The number of aliphatic imine (C=N–C) groups is 1. The maximum Gasteiger partial charge on any atom is 0.186 e. The first-order valence-corrected chi connectivity index (χ1v) is 4.60. The third-order valence-corrected chi connectivity index (χ3v) is 2.16. The predicted octanol–water partition coefficient (Wildman–Crippen LogP) is 0.480. The Morgan fingerprint density at radius 1 is 1.47 bits per heavy atom. The molecule has 0 fully saturated rings. The number of guanidine groups is 1. The predicted molar refractivity (Wildman–Crippen MR) is 59.8 cm³/mol. The first-order chi connectivity index (χ1) is 7.06. The van der Waals surface area contributed by atoms with Crippen LogP contribution in [-0.4, -0.2) is 18.1 Å². The molecule has 0 saturated carbocycles. The number of nitrogens with zero attached hydrogens (tertiary/aromatic N) is 2. The summed E-state index contributed by atoms with van der Waals surface area (Å²) in [5.74, 6) is 0.904. The summed E-state index contributed by atoms with van der Waals surface area (Å²) in [5.41, 5.74) is 13.3. The van der Waals surface area contributed by atoms with Crippen molar-refractivity contribution in [2.75, 3.05) is 7.11 Å². The minimum atomic E-state index is 0.0655. The zero-order chi connectivity index (χ0) is 11.4. The number of aryl methyl sites for hydroxylation is 1. The molecular weight excluding hydrogens is 192 g/mol. The van der Waals surface area contributed by atoms with Gasteiger partial charge in [0.2, 0.25) is 0 Å². The van der Waals surface area contributed by atoms with Crippen molar-refractivity contribution in [3.05, 3.63) is 23.0 Å². The van der Waals surface area contributed by atoms with Crippen LogP contribution in [0.5, 0.6) is 5.75 Å². The van der Waals surface area contributed by atoms with Crippen LogP contribution in [-0.2, 0) is 6.54 Å². The van der Waals surface area contributed by atoms with Crippen molar-refractivity contribution in [3.8, 4) is 5.75 Å². The second-order valence-electron chi connectivity index (χ2n) is 3.29. The molecular formula is C10H16N4O. The average Bonchev–Trinajstić information content (AvgIpc) is 2.17. The van der Waals surface area contributed by atoms with E-state index in [-0.39, 0.29) is 5.96 Å². The molecule has 0 amide bonds. The van der Waals surface area contributed by atoms with Crippen molar-refractivity contribution < 1.29 is 4.74 Å². The Bertz CT molecular complexity index is 383. The molecule has 0 aromatic carbocycles. The summed E-state index contributed by atoms with van der Waals surface area (Å²) in [6.07, 6.45) is 1.75. The van der Waals surface area contributed by atoms with Crippen LogP contribution in [0.2, 0.25) is 0 Å². The molecule has 0 spiro atoms. The summed E-state index contributed by atoms with van der Waals surface area (Å²) in [6.45, 7) is 4.27. The molecule has 0 aliphatic heterocycles. The van der Waals surface area contributed by atoms with E-state index >= 15 is 0 Å². The highest BCUT2D eigenvalue weighted by Crippen LogP contribution is 2.24. The molecule has 0 bridgehead atoms. The van der Waals surface area contributed by atoms with Gasteiger partial charge < -0.3 is 16.2 Å². The van der Waals surface area contributed by atoms with Gasteiger partial charge in [-0.25, -0.2) is 4.99 Å². The van der Waals surface area contributed by atoms with Crippen LogP contribution < -0.4 is 16.2 Å². The number of methoxy groups -OCH3 is 1. The first kappa shape index (κ1) is 11.3. The van der Waals surface area contributed by atoms with Gasteiger partial charge in [-0.15, -0.1) is 0 Å². The van der Waals surface area contributed by atoms with E-state index in [1.165, 1.54) is 0 Å². The minimum absolute atomic E-state index is 0.0655. The number of aromatic nitrogens is 1. The number of nitrogens with two attached hydrogens (primary N) is 2. The van der Waals surface area contributed by atoms with E-state index in [4.69, 9.17) is 16.2 Å². The Balaban J connectivity index is 3.05. The fourth-order valence-corrected chi connectivity index (χ4v) is 1.40. The normalized spacial score (nSPS) is 9.80. The average molecular weight is 208 g/mol. The largest absolute Gasteiger partial charge is 0.496 e. The molecule has 0 aliphatic rings. The second kappa shape index (κ2) is 4.63. The van der Waals surface area contributed by atoms with Gasteiger partial charge in [0, 0.05) is 17.3 Å². The van der Waals surface area contributed by atoms with Gasteiger partial charge in [0.05, 0.1) is 19.3 Å². The Kier molecular flexibility index (Phi) is 3.49. The van der Waals surface area contributed by atoms with Crippen molar-refractivity contribution in [2.24, 2.45) is 16.5 Å². The number of pyridine rings is 1. The molecule has 0 saturated heterocycles. The lowest BCUT2D eigenvalue weighted by molar-refractivity contribution is 0.407. The summed E-state index contributed by atoms with van der Waals surface area (Å²) in [5, 5.41) is 0. The zero-order valence-electron chi connectivity index (χ0n) is 9.24. The van der Waals surface area contributed by atoms with Crippen molar-refractivity contribution >= 4 is 5.96 Å². The van der Waals surface area contributed by atoms with Gasteiger partial charge in [0.1, 0.15) is 5.75 Å². The van der Waals surface area contributed by atoms with Crippen LogP contribution in [0.1, 0.15) is 16.8 Å². The smallest absolute Gasteiger partial charge is 0.186 e. The highest BCUT2D eigenvalue weighted by molar-refractivity contribution is 5.75. The SMILES string of the molecule is COc1c(C)cnc(CN=C(N)N)c1C. The number of rotatable bonds is 3. The molecule has 0 aliphatic carbocycles. The van der Waals surface area contributed by atoms with Gasteiger partial charge in [0.15, 0.2) is 5.96 Å². The Hall–Kier alpha value is -1.78. The van der Waals surface area contributed by atoms with Crippen LogP contribution in [0.3, 0.4) is 0 Å². The Labute approximate surface area is 89.2 Å². The summed E-state index contributed by atoms with van der Waals surface area (Å²) < 4.78 is 5.27. The summed E-state index contributed by atoms with van der Waals surface area (Å²) in [6, 6.07) is 0. The number of hydrogen-bond acceptors (Lipinski definition) is 3. The van der Waals surface area contributed by atoms with Gasteiger partial charge in [-0.3, -0.25) is 4.98 Å². The van der Waals surface area contributed by atoms with E-state index < -0.39 is 0 Å². The molecule has 5 nitrogen and oxygen atoms in total. The van der Waals surface area contributed by atoms with Crippen LogP contribution >= 0.6 is 0 Å². The van der Waals surface area contributed by atoms with Gasteiger partial charge in [-0.05, 0) is 13.8 Å². The van der Waals surface area contributed by atoms with E-state index in [9.17, 15) is 0 Å². The second-order valence-corrected chi connectivity index (χ2v) is 3.29. The zero-order valence-corrected chi connectivity index (χ0v) is 9.24. The van der Waals surface area contributed by atoms with Crippen LogP contribution in [0.4, 0.5) is 0 Å². The van der Waals surface area contributed by atoms with Crippen molar-refractivity contribution in [1.82, 2.24) is 4.98 Å². The maximum absolute atomic E-state index is 5.27. The Morgan fingerprint density at radius 2 is 2.13 bits per heavy atom. The van der Waals surface area contributed by atoms with E-state index in [0.717, 1.165) is 22.6 Å². The Morgan fingerprint density at radius 3 is 2.67 bits per heavy atom. The molecule has 1 aromatic rings. The lowest BCUT2D eigenvalue weighted by Gasteiger charge is -2.10. The molecule has 1 heterocycles. The molecule has 1 aromatic heterocycles. The molecule has 0 radical (unpaired) electrons. The monoisotopic (exact) mass is 208 g/mol. The van der Waals surface area contributed by atoms with E-state index in [1.54, 1.807) is 13.3 Å². The third-order valence-electron chi connectivity index (χ3n) is 2.16. The topological polar surface area (TPSA) is 86.5 Å². The first-order valence-electron chi connectivity index (χ1n) is 4.60. The van der Waals surface area contributed by atoms with Crippen LogP contribution in [0, 0.1) is 13.8 Å². The van der Waals surface area contributed by atoms with Crippen molar-refractivity contribution in [2.45, 2.75) is 20.4 Å². The molecule has 0 unspecified atom stereocenters. The molecule has 15 heavy (non-hydrogen) atoms. The highest BCUT2D eigenvalue weighted by Gasteiger charge is 2.08. The molecule has 5 heteroatoms. The molecule has 0 atom stereocenters. The lowest BCUT2D eigenvalue weighted by atomic mass is 10.1. The maximum atomic E-state index is 5.27. The van der Waals surface area contributed by atoms with Gasteiger partial charge in [0.25, 0.3) is 0 Å². The standard InChI is InChI=1S/C10H16N4O/c1-6-4-13-8(5-14-10(11)12)7(2)9(6)15-3/h4H,5H2,1-3H3,(H4,11,12,14). The summed E-state index contributed by atoms with van der Waals surface area (Å²) >= 11 is 0. The van der Waals surface area contributed by atoms with E-state index in [0.29, 0.717) is 6.54 Å². The van der Waals surface area contributed by atoms with E-state index in [2.05, 4.69) is 9.98 Å². The number of ether oxygens (including phenoxy) is 1. The van der Waals surface area contributed by atoms with Crippen LogP contribution in [0.25, 0.3) is 0 Å².